The van der Waals surface area contributed by atoms with Crippen LogP contribution in [0.25, 0.3) is 11.0 Å². The van der Waals surface area contributed by atoms with Crippen molar-refractivity contribution in [3.8, 4) is 11.5 Å². The van der Waals surface area contributed by atoms with E-state index in [-0.39, 0.29) is 36.7 Å². The fourth-order valence-electron chi connectivity index (χ4n) is 11.2. The number of piperidine rings is 2. The largest absolute Gasteiger partial charge is 0.453 e. The van der Waals surface area contributed by atoms with Crippen molar-refractivity contribution in [1.82, 2.24) is 34.4 Å². The molecule has 360 valence electrons. The van der Waals surface area contributed by atoms with Gasteiger partial charge in [-0.2, -0.15) is 0 Å². The average molecular weight is 946 g/mol. The van der Waals surface area contributed by atoms with Gasteiger partial charge >= 0.3 is 0 Å². The molecule has 10 rings (SSSR count). The highest BCUT2D eigenvalue weighted by atomic mass is 32.2. The molecule has 5 fully saturated rings. The van der Waals surface area contributed by atoms with Gasteiger partial charge in [-0.15, -0.1) is 0 Å². The number of rotatable bonds is 14. The van der Waals surface area contributed by atoms with Crippen molar-refractivity contribution in [2.45, 2.75) is 93.8 Å². The van der Waals surface area contributed by atoms with Crippen LogP contribution in [0.15, 0.2) is 90.2 Å². The molecule has 3 N–H and O–H groups in total. The summed E-state index contributed by atoms with van der Waals surface area (Å²) in [7, 11) is -1.93. The first kappa shape index (κ1) is 46.3. The van der Waals surface area contributed by atoms with Crippen LogP contribution in [0.4, 0.5) is 15.8 Å². The molecule has 3 aromatic heterocycles. The number of carbonyl (C=O) groups is 2. The normalized spacial score (nSPS) is 21.5. The van der Waals surface area contributed by atoms with E-state index in [4.69, 9.17) is 9.47 Å². The van der Waals surface area contributed by atoms with Gasteiger partial charge in [0.1, 0.15) is 17.1 Å². The quantitative estimate of drug-likeness (QED) is 0.0996. The third-order valence-electron chi connectivity index (χ3n) is 15.3. The molecule has 14 nitrogen and oxygen atoms in total. The van der Waals surface area contributed by atoms with E-state index < -0.39 is 22.6 Å². The molecule has 16 heteroatoms. The highest BCUT2D eigenvalue weighted by Crippen LogP contribution is 2.54. The highest BCUT2D eigenvalue weighted by Gasteiger charge is 2.50. The van der Waals surface area contributed by atoms with Crippen LogP contribution < -0.4 is 19.7 Å². The molecule has 2 aromatic carbocycles. The number of amides is 2. The number of aromatic amines is 1. The van der Waals surface area contributed by atoms with Crippen molar-refractivity contribution in [3.05, 3.63) is 102 Å². The van der Waals surface area contributed by atoms with Crippen molar-refractivity contribution in [2.24, 2.45) is 5.41 Å². The Morgan fingerprint density at radius 3 is 2.46 bits per heavy atom. The fourth-order valence-corrected chi connectivity index (χ4v) is 12.0. The van der Waals surface area contributed by atoms with Gasteiger partial charge < -0.3 is 29.6 Å². The molecular formula is C52H64FN9O5S. The zero-order valence-electron chi connectivity index (χ0n) is 39.3. The lowest BCUT2D eigenvalue weighted by atomic mass is 9.59. The van der Waals surface area contributed by atoms with Crippen LogP contribution in [0.3, 0.4) is 0 Å². The molecule has 68 heavy (non-hydrogen) atoms. The Balaban J connectivity index is 0.756. The van der Waals surface area contributed by atoms with E-state index in [9.17, 15) is 13.8 Å². The van der Waals surface area contributed by atoms with Crippen LogP contribution in [0, 0.1) is 5.41 Å². The van der Waals surface area contributed by atoms with Crippen LogP contribution in [0.2, 0.25) is 0 Å². The monoisotopic (exact) mass is 945 g/mol. The Bertz CT molecular complexity index is 2600. The van der Waals surface area contributed by atoms with Crippen molar-refractivity contribution in [3.63, 3.8) is 0 Å². The van der Waals surface area contributed by atoms with E-state index in [0.29, 0.717) is 72.6 Å². The molecule has 7 heterocycles. The number of alkyl halides is 1. The maximum Gasteiger partial charge on any atom is 0.285 e. The number of aromatic nitrogens is 3. The predicted molar refractivity (Wildman–Crippen MR) is 262 cm³/mol. The Kier molecular flexibility index (Phi) is 13.6. The number of H-pyrrole nitrogens is 1. The SMILES string of the molecule is CC(C)c1ccccc1C1CCCN1C1CC2(CCN(c3cnc(C(=O)NS(=O)c4ccc(NCC5(F)CCN(C(=O)CN6CCOCC6)CC5)cc4)c(Oc4cnc5[nH]ccc5c4)c3)CC2)C1. The number of hydrogen-bond donors (Lipinski definition) is 3. The summed E-state index contributed by atoms with van der Waals surface area (Å²) < 4.78 is 43.9. The summed E-state index contributed by atoms with van der Waals surface area (Å²) >= 11 is 0. The maximum absolute atomic E-state index is 15.9. The molecule has 5 aliphatic rings. The number of pyridine rings is 2. The lowest BCUT2D eigenvalue weighted by Gasteiger charge is -2.56. The van der Waals surface area contributed by atoms with Gasteiger partial charge in [0.05, 0.1) is 42.7 Å². The first-order valence-electron chi connectivity index (χ1n) is 24.5. The molecule has 4 aliphatic heterocycles. The van der Waals surface area contributed by atoms with Gasteiger partial charge in [0.15, 0.2) is 22.4 Å². The summed E-state index contributed by atoms with van der Waals surface area (Å²) in [5.74, 6) is 0.583. The second kappa shape index (κ2) is 19.9. The summed E-state index contributed by atoms with van der Waals surface area (Å²) in [6.07, 6.45) is 12.8. The number of nitrogens with one attached hydrogen (secondary N) is 3. The van der Waals surface area contributed by atoms with Gasteiger partial charge in [0.2, 0.25) is 5.91 Å². The average Bonchev–Trinajstić information content (AvgIpc) is 4.04. The Labute approximate surface area is 400 Å². The van der Waals surface area contributed by atoms with Crippen molar-refractivity contribution in [2.75, 3.05) is 82.3 Å². The Morgan fingerprint density at radius 2 is 1.69 bits per heavy atom. The minimum atomic E-state index is -1.93. The van der Waals surface area contributed by atoms with Gasteiger partial charge in [0.25, 0.3) is 5.91 Å². The summed E-state index contributed by atoms with van der Waals surface area (Å²) in [6, 6.07) is 22.5. The van der Waals surface area contributed by atoms with E-state index in [0.717, 1.165) is 55.7 Å². The Morgan fingerprint density at radius 1 is 0.926 bits per heavy atom. The zero-order valence-corrected chi connectivity index (χ0v) is 40.1. The third kappa shape index (κ3) is 10.1. The van der Waals surface area contributed by atoms with Gasteiger partial charge in [0, 0.05) is 94.1 Å². The molecule has 0 radical (unpaired) electrons. The molecular weight excluding hydrogens is 882 g/mol. The van der Waals surface area contributed by atoms with Crippen LogP contribution in [-0.4, -0.2) is 130 Å². The summed E-state index contributed by atoms with van der Waals surface area (Å²) in [5.41, 5.74) is 4.12. The number of halogens is 1. The van der Waals surface area contributed by atoms with Crippen molar-refractivity contribution in [1.29, 1.82) is 0 Å². The molecule has 1 saturated carbocycles. The van der Waals surface area contributed by atoms with Crippen molar-refractivity contribution >= 4 is 45.2 Å². The lowest BCUT2D eigenvalue weighted by Crippen LogP contribution is -2.55. The standard InChI is InChI=1S/C52H64FN9O5S/c1-36(2)43-6-3-4-7-44(43)45-8-5-19-62(45)40-30-51(31-40)14-20-60(21-15-51)39-29-46(67-41-28-37-13-18-54-49(37)56-33-41)48(55-32-39)50(64)58-68(65)42-11-9-38(10-12-42)57-35-52(53)16-22-61(23-17-52)47(63)34-59-24-26-66-27-25-59/h3-4,6-7,9-13,18,28-29,32-33,36,40,45,57H,5,8,14-17,19-27,30-31,34-35H2,1-2H3,(H,54,56)(H,58,64). The molecule has 4 saturated heterocycles. The summed E-state index contributed by atoms with van der Waals surface area (Å²) in [6.45, 7) is 11.4. The van der Waals surface area contributed by atoms with Crippen LogP contribution in [0.5, 0.6) is 11.5 Å². The number of likely N-dealkylation sites (tertiary alicyclic amines) is 2. The number of ether oxygens (including phenoxy) is 2. The number of carbonyl (C=O) groups excluding carboxylic acids is 2. The fraction of sp³-hybridized carbons (Fsp3) is 0.500. The minimum absolute atomic E-state index is 0.00570. The molecule has 0 bridgehead atoms. The third-order valence-corrected chi connectivity index (χ3v) is 16.3. The number of benzene rings is 2. The molecule has 2 unspecified atom stereocenters. The first-order valence-corrected chi connectivity index (χ1v) is 25.7. The maximum atomic E-state index is 15.9. The minimum Gasteiger partial charge on any atom is -0.453 e. The first-order chi connectivity index (χ1) is 33.0. The molecule has 2 amide bonds. The zero-order chi connectivity index (χ0) is 46.8. The van der Waals surface area contributed by atoms with E-state index in [2.05, 4.69) is 77.8 Å². The second-order valence-electron chi connectivity index (χ2n) is 20.0. The lowest BCUT2D eigenvalue weighted by molar-refractivity contribution is -0.135. The van der Waals surface area contributed by atoms with Crippen molar-refractivity contribution < 1.29 is 27.7 Å². The number of hydrogen-bond acceptors (Lipinski definition) is 11. The van der Waals surface area contributed by atoms with Crippen LogP contribution >= 0.6 is 0 Å². The van der Waals surface area contributed by atoms with Crippen LogP contribution in [-0.2, 0) is 20.5 Å². The molecule has 5 aromatic rings. The van der Waals surface area contributed by atoms with Gasteiger partial charge in [-0.05, 0) is 104 Å². The van der Waals surface area contributed by atoms with Gasteiger partial charge in [-0.25, -0.2) is 18.6 Å². The van der Waals surface area contributed by atoms with E-state index in [1.165, 1.54) is 43.4 Å². The number of fused-ring (bicyclic) bond motifs is 1. The topological polar surface area (TPSA) is 148 Å². The smallest absolute Gasteiger partial charge is 0.285 e. The number of anilines is 2. The predicted octanol–water partition coefficient (Wildman–Crippen LogP) is 7.99. The van der Waals surface area contributed by atoms with Gasteiger partial charge in [-0.3, -0.25) is 24.1 Å². The van der Waals surface area contributed by atoms with E-state index in [1.807, 2.05) is 24.4 Å². The highest BCUT2D eigenvalue weighted by molar-refractivity contribution is 7.83. The summed E-state index contributed by atoms with van der Waals surface area (Å²) in [4.78, 5) is 48.3. The molecule has 2 atom stereocenters. The van der Waals surface area contributed by atoms with Gasteiger partial charge in [-0.1, -0.05) is 38.1 Å². The van der Waals surface area contributed by atoms with E-state index >= 15 is 4.39 Å². The van der Waals surface area contributed by atoms with Crippen LogP contribution in [0.1, 0.15) is 98.8 Å². The van der Waals surface area contributed by atoms with E-state index in [1.54, 1.807) is 41.6 Å². The number of nitrogens with zero attached hydrogens (tertiary/aromatic N) is 6. The molecule has 1 spiro atoms. The Hall–Kier alpha value is -5.42. The second-order valence-corrected chi connectivity index (χ2v) is 21.2. The molecule has 1 aliphatic carbocycles. The number of morpholine rings is 1. The summed E-state index contributed by atoms with van der Waals surface area (Å²) in [5, 5.41) is 4.04.